The van der Waals surface area contributed by atoms with Crippen LogP contribution >= 0.6 is 0 Å². The summed E-state index contributed by atoms with van der Waals surface area (Å²) in [5.74, 6) is 0.911. The van der Waals surface area contributed by atoms with E-state index >= 15 is 0 Å². The molecular formula is C13H30N4. The van der Waals surface area contributed by atoms with Crippen LogP contribution in [0.4, 0.5) is 0 Å². The van der Waals surface area contributed by atoms with Gasteiger partial charge in [-0.05, 0) is 40.3 Å². The Balaban J connectivity index is 4.40. The quantitative estimate of drug-likeness (QED) is 0.548. The fourth-order valence-electron chi connectivity index (χ4n) is 1.79. The second kappa shape index (κ2) is 7.54. The molecule has 0 aliphatic carbocycles. The highest BCUT2D eigenvalue weighted by molar-refractivity contribution is 5.80. The van der Waals surface area contributed by atoms with Gasteiger partial charge in [-0.15, -0.1) is 0 Å². The van der Waals surface area contributed by atoms with Crippen LogP contribution in [-0.4, -0.2) is 50.6 Å². The zero-order chi connectivity index (χ0) is 13.5. The van der Waals surface area contributed by atoms with Crippen LogP contribution in [0.15, 0.2) is 4.99 Å². The van der Waals surface area contributed by atoms with Crippen molar-refractivity contribution in [1.29, 1.82) is 0 Å². The molecule has 0 aliphatic rings. The molecule has 0 fully saturated rings. The standard InChI is InChI=1S/C13H30N4/c1-8-14-12(16-11(2)3)15-9-13(4,5)10-17(6)7/h11H,8-10H2,1-7H3,(H2,14,15,16). The van der Waals surface area contributed by atoms with Crippen LogP contribution < -0.4 is 10.6 Å². The molecule has 2 N–H and O–H groups in total. The van der Waals surface area contributed by atoms with E-state index in [1.807, 2.05) is 0 Å². The smallest absolute Gasteiger partial charge is 0.191 e. The number of guanidine groups is 1. The number of hydrogen-bond donors (Lipinski definition) is 2. The minimum atomic E-state index is 0.197. The molecule has 17 heavy (non-hydrogen) atoms. The van der Waals surface area contributed by atoms with E-state index in [0.717, 1.165) is 25.6 Å². The Morgan fingerprint density at radius 2 is 1.88 bits per heavy atom. The summed E-state index contributed by atoms with van der Waals surface area (Å²) >= 11 is 0. The molecule has 102 valence electrons. The van der Waals surface area contributed by atoms with Gasteiger partial charge < -0.3 is 15.5 Å². The summed E-state index contributed by atoms with van der Waals surface area (Å²) in [5, 5.41) is 6.60. The van der Waals surface area contributed by atoms with E-state index in [1.54, 1.807) is 0 Å². The van der Waals surface area contributed by atoms with Gasteiger partial charge in [0.25, 0.3) is 0 Å². The highest BCUT2D eigenvalue weighted by Crippen LogP contribution is 2.15. The van der Waals surface area contributed by atoms with Gasteiger partial charge in [0.1, 0.15) is 0 Å². The monoisotopic (exact) mass is 242 g/mol. The van der Waals surface area contributed by atoms with Crippen LogP contribution in [0.5, 0.6) is 0 Å². The van der Waals surface area contributed by atoms with Crippen molar-refractivity contribution in [2.75, 3.05) is 33.7 Å². The fourth-order valence-corrected chi connectivity index (χ4v) is 1.79. The largest absolute Gasteiger partial charge is 0.357 e. The van der Waals surface area contributed by atoms with Gasteiger partial charge in [0.05, 0.1) is 0 Å². The Hall–Kier alpha value is -0.770. The maximum Gasteiger partial charge on any atom is 0.191 e. The number of rotatable bonds is 6. The predicted octanol–water partition coefficient (Wildman–Crippen LogP) is 1.54. The van der Waals surface area contributed by atoms with Crippen molar-refractivity contribution in [2.45, 2.75) is 40.7 Å². The molecule has 0 aliphatic heterocycles. The zero-order valence-corrected chi connectivity index (χ0v) is 12.6. The van der Waals surface area contributed by atoms with E-state index in [2.05, 4.69) is 69.2 Å². The lowest BCUT2D eigenvalue weighted by atomic mass is 9.93. The van der Waals surface area contributed by atoms with Gasteiger partial charge in [-0.3, -0.25) is 4.99 Å². The van der Waals surface area contributed by atoms with E-state index in [0.29, 0.717) is 6.04 Å². The third kappa shape index (κ3) is 8.98. The van der Waals surface area contributed by atoms with Crippen molar-refractivity contribution < 1.29 is 0 Å². The lowest BCUT2D eigenvalue weighted by molar-refractivity contribution is 0.248. The number of nitrogens with one attached hydrogen (secondary N) is 2. The van der Waals surface area contributed by atoms with E-state index in [9.17, 15) is 0 Å². The summed E-state index contributed by atoms with van der Waals surface area (Å²) in [6.45, 7) is 13.6. The minimum absolute atomic E-state index is 0.197. The van der Waals surface area contributed by atoms with Gasteiger partial charge in [-0.1, -0.05) is 13.8 Å². The molecule has 0 heterocycles. The Morgan fingerprint density at radius 3 is 2.29 bits per heavy atom. The van der Waals surface area contributed by atoms with Crippen LogP contribution in [0.3, 0.4) is 0 Å². The first kappa shape index (κ1) is 16.2. The summed E-state index contributed by atoms with van der Waals surface area (Å²) in [7, 11) is 4.20. The van der Waals surface area contributed by atoms with E-state index < -0.39 is 0 Å². The summed E-state index contributed by atoms with van der Waals surface area (Å²) in [6, 6.07) is 0.407. The molecule has 0 atom stereocenters. The molecule has 0 aromatic rings. The third-order valence-corrected chi connectivity index (χ3v) is 2.18. The molecule has 0 spiro atoms. The summed E-state index contributed by atoms with van der Waals surface area (Å²) in [4.78, 5) is 6.85. The average Bonchev–Trinajstić information content (AvgIpc) is 2.12. The van der Waals surface area contributed by atoms with Crippen LogP contribution in [0, 0.1) is 5.41 Å². The predicted molar refractivity (Wildman–Crippen MR) is 76.6 cm³/mol. The molecule has 0 bridgehead atoms. The summed E-state index contributed by atoms with van der Waals surface area (Å²) in [6.07, 6.45) is 0. The summed E-state index contributed by atoms with van der Waals surface area (Å²) < 4.78 is 0. The Kier molecular flexibility index (Phi) is 7.19. The Bertz CT molecular complexity index is 232. The van der Waals surface area contributed by atoms with Gasteiger partial charge in [-0.25, -0.2) is 0 Å². The topological polar surface area (TPSA) is 39.7 Å². The number of nitrogens with zero attached hydrogens (tertiary/aromatic N) is 2. The van der Waals surface area contributed by atoms with Crippen molar-refractivity contribution >= 4 is 5.96 Å². The van der Waals surface area contributed by atoms with Crippen LogP contribution in [0.25, 0.3) is 0 Å². The average molecular weight is 242 g/mol. The molecule has 0 aromatic carbocycles. The molecule has 0 aromatic heterocycles. The first-order valence-corrected chi connectivity index (χ1v) is 6.46. The molecule has 0 saturated carbocycles. The minimum Gasteiger partial charge on any atom is -0.357 e. The SMILES string of the molecule is CCNC(=NCC(C)(C)CN(C)C)NC(C)C. The van der Waals surface area contributed by atoms with Gasteiger partial charge in [0.15, 0.2) is 5.96 Å². The van der Waals surface area contributed by atoms with Crippen molar-refractivity contribution in [3.05, 3.63) is 0 Å². The number of hydrogen-bond acceptors (Lipinski definition) is 2. The van der Waals surface area contributed by atoms with Gasteiger partial charge in [0, 0.05) is 25.7 Å². The Labute approximate surface area is 107 Å². The van der Waals surface area contributed by atoms with Gasteiger partial charge >= 0.3 is 0 Å². The second-order valence-electron chi connectivity index (χ2n) is 5.90. The normalized spacial score (nSPS) is 13.4. The lowest BCUT2D eigenvalue weighted by Gasteiger charge is -2.27. The molecule has 4 heteroatoms. The van der Waals surface area contributed by atoms with E-state index in [-0.39, 0.29) is 5.41 Å². The van der Waals surface area contributed by atoms with Crippen molar-refractivity contribution in [3.63, 3.8) is 0 Å². The Morgan fingerprint density at radius 1 is 1.29 bits per heavy atom. The first-order valence-electron chi connectivity index (χ1n) is 6.46. The highest BCUT2D eigenvalue weighted by Gasteiger charge is 2.18. The van der Waals surface area contributed by atoms with E-state index in [4.69, 9.17) is 0 Å². The fraction of sp³-hybridized carbons (Fsp3) is 0.923. The molecule has 0 unspecified atom stereocenters. The highest BCUT2D eigenvalue weighted by atomic mass is 15.2. The third-order valence-electron chi connectivity index (χ3n) is 2.18. The van der Waals surface area contributed by atoms with Crippen molar-refractivity contribution in [1.82, 2.24) is 15.5 Å². The summed E-state index contributed by atoms with van der Waals surface area (Å²) in [5.41, 5.74) is 0.197. The molecule has 0 radical (unpaired) electrons. The number of aliphatic imine (C=N–C) groups is 1. The van der Waals surface area contributed by atoms with Crippen LogP contribution in [0.2, 0.25) is 0 Å². The molecular weight excluding hydrogens is 212 g/mol. The first-order chi connectivity index (χ1) is 7.76. The zero-order valence-electron chi connectivity index (χ0n) is 12.6. The second-order valence-corrected chi connectivity index (χ2v) is 5.90. The molecule has 0 rings (SSSR count). The van der Waals surface area contributed by atoms with Crippen molar-refractivity contribution in [3.8, 4) is 0 Å². The van der Waals surface area contributed by atoms with Crippen molar-refractivity contribution in [2.24, 2.45) is 10.4 Å². The lowest BCUT2D eigenvalue weighted by Crippen LogP contribution is -2.42. The van der Waals surface area contributed by atoms with Gasteiger partial charge in [0.2, 0.25) is 0 Å². The maximum atomic E-state index is 4.65. The van der Waals surface area contributed by atoms with Crippen LogP contribution in [-0.2, 0) is 0 Å². The molecule has 4 nitrogen and oxygen atoms in total. The molecule has 0 amide bonds. The van der Waals surface area contributed by atoms with Crippen LogP contribution in [0.1, 0.15) is 34.6 Å². The maximum absolute atomic E-state index is 4.65. The molecule has 0 saturated heterocycles. The van der Waals surface area contributed by atoms with Gasteiger partial charge in [-0.2, -0.15) is 0 Å². The van der Waals surface area contributed by atoms with E-state index in [1.165, 1.54) is 0 Å².